The zero-order chi connectivity index (χ0) is 17.1. The second-order valence-electron chi connectivity index (χ2n) is 5.86. The standard InChI is InChI=1S/C16H20FN7/c1-11-5-6-14(17)15(9-11)24-16(20-21-22-24)10-18-12(2)13(3)23-8-4-7-19-23/h4-9,12-13,18H,10H2,1-3H3. The van der Waals surface area contributed by atoms with Gasteiger partial charge in [-0.3, -0.25) is 4.68 Å². The second-order valence-corrected chi connectivity index (χ2v) is 5.86. The van der Waals surface area contributed by atoms with Crippen LogP contribution in [0.15, 0.2) is 36.7 Å². The molecule has 0 aliphatic heterocycles. The highest BCUT2D eigenvalue weighted by atomic mass is 19.1. The third-order valence-corrected chi connectivity index (χ3v) is 4.11. The van der Waals surface area contributed by atoms with Gasteiger partial charge in [0.25, 0.3) is 0 Å². The van der Waals surface area contributed by atoms with Crippen LogP contribution in [0, 0.1) is 12.7 Å². The molecule has 126 valence electrons. The molecule has 7 nitrogen and oxygen atoms in total. The first kappa shape index (κ1) is 16.3. The summed E-state index contributed by atoms with van der Waals surface area (Å²) in [6.45, 7) is 6.47. The smallest absolute Gasteiger partial charge is 0.170 e. The average Bonchev–Trinajstić information content (AvgIpc) is 3.25. The SMILES string of the molecule is Cc1ccc(F)c(-n2nnnc2CNC(C)C(C)n2cccn2)c1. The highest BCUT2D eigenvalue weighted by molar-refractivity contribution is 5.36. The summed E-state index contributed by atoms with van der Waals surface area (Å²) in [5.41, 5.74) is 1.30. The molecule has 2 atom stereocenters. The van der Waals surface area contributed by atoms with E-state index >= 15 is 0 Å². The molecular formula is C16H20FN7. The van der Waals surface area contributed by atoms with Crippen molar-refractivity contribution in [3.05, 3.63) is 53.9 Å². The topological polar surface area (TPSA) is 73.5 Å². The molecule has 2 heterocycles. The summed E-state index contributed by atoms with van der Waals surface area (Å²) in [6.07, 6.45) is 3.68. The Hall–Kier alpha value is -2.61. The maximum absolute atomic E-state index is 14.1. The molecule has 0 saturated carbocycles. The molecule has 0 radical (unpaired) electrons. The van der Waals surface area contributed by atoms with Gasteiger partial charge in [0.05, 0.1) is 12.6 Å². The van der Waals surface area contributed by atoms with E-state index in [0.717, 1.165) is 5.56 Å². The minimum Gasteiger partial charge on any atom is -0.305 e. The van der Waals surface area contributed by atoms with Gasteiger partial charge in [-0.1, -0.05) is 6.07 Å². The van der Waals surface area contributed by atoms with E-state index in [9.17, 15) is 4.39 Å². The van der Waals surface area contributed by atoms with E-state index in [4.69, 9.17) is 0 Å². The van der Waals surface area contributed by atoms with Crippen LogP contribution < -0.4 is 5.32 Å². The summed E-state index contributed by atoms with van der Waals surface area (Å²) >= 11 is 0. The Morgan fingerprint density at radius 1 is 1.29 bits per heavy atom. The summed E-state index contributed by atoms with van der Waals surface area (Å²) in [6, 6.07) is 7.06. The zero-order valence-corrected chi connectivity index (χ0v) is 13.9. The van der Waals surface area contributed by atoms with Crippen molar-refractivity contribution >= 4 is 0 Å². The first-order chi connectivity index (χ1) is 11.6. The summed E-state index contributed by atoms with van der Waals surface area (Å²) < 4.78 is 17.4. The van der Waals surface area contributed by atoms with Gasteiger partial charge in [-0.25, -0.2) is 4.39 Å². The molecule has 0 aliphatic rings. The first-order valence-electron chi connectivity index (χ1n) is 7.82. The van der Waals surface area contributed by atoms with Crippen LogP contribution in [-0.2, 0) is 6.54 Å². The van der Waals surface area contributed by atoms with E-state index in [0.29, 0.717) is 18.1 Å². The van der Waals surface area contributed by atoms with Crippen LogP contribution in [-0.4, -0.2) is 36.0 Å². The predicted molar refractivity (Wildman–Crippen MR) is 87.1 cm³/mol. The van der Waals surface area contributed by atoms with Gasteiger partial charge in [-0.15, -0.1) is 5.10 Å². The molecule has 0 saturated heterocycles. The highest BCUT2D eigenvalue weighted by Gasteiger charge is 2.17. The third-order valence-electron chi connectivity index (χ3n) is 4.11. The number of tetrazole rings is 1. The highest BCUT2D eigenvalue weighted by Crippen LogP contribution is 2.16. The number of hydrogen-bond acceptors (Lipinski definition) is 5. The van der Waals surface area contributed by atoms with E-state index in [1.165, 1.54) is 10.7 Å². The summed E-state index contributed by atoms with van der Waals surface area (Å²) in [5.74, 6) is 0.200. The Balaban J connectivity index is 1.73. The van der Waals surface area contributed by atoms with Gasteiger partial charge in [0.15, 0.2) is 5.82 Å². The third kappa shape index (κ3) is 3.33. The zero-order valence-electron chi connectivity index (χ0n) is 13.9. The van der Waals surface area contributed by atoms with Crippen molar-refractivity contribution in [1.82, 2.24) is 35.3 Å². The maximum Gasteiger partial charge on any atom is 0.170 e. The van der Waals surface area contributed by atoms with Crippen molar-refractivity contribution < 1.29 is 4.39 Å². The fraction of sp³-hybridized carbons (Fsp3) is 0.375. The Morgan fingerprint density at radius 2 is 2.12 bits per heavy atom. The summed E-state index contributed by atoms with van der Waals surface area (Å²) in [7, 11) is 0. The van der Waals surface area contributed by atoms with Crippen LogP contribution in [0.4, 0.5) is 4.39 Å². The molecule has 1 N–H and O–H groups in total. The predicted octanol–water partition coefficient (Wildman–Crippen LogP) is 2.05. The van der Waals surface area contributed by atoms with Gasteiger partial charge in [0, 0.05) is 18.4 Å². The molecule has 2 unspecified atom stereocenters. The number of benzene rings is 1. The fourth-order valence-electron chi connectivity index (χ4n) is 2.46. The number of aromatic nitrogens is 6. The van der Waals surface area contributed by atoms with Crippen LogP contribution in [0.3, 0.4) is 0 Å². The lowest BCUT2D eigenvalue weighted by Crippen LogP contribution is -2.34. The maximum atomic E-state index is 14.1. The van der Waals surface area contributed by atoms with Crippen molar-refractivity contribution in [2.45, 2.75) is 39.4 Å². The number of rotatable bonds is 6. The number of nitrogens with zero attached hydrogens (tertiary/aromatic N) is 6. The fourth-order valence-corrected chi connectivity index (χ4v) is 2.46. The van der Waals surface area contributed by atoms with Crippen LogP contribution >= 0.6 is 0 Å². The van der Waals surface area contributed by atoms with Crippen molar-refractivity contribution in [2.24, 2.45) is 0 Å². The van der Waals surface area contributed by atoms with Gasteiger partial charge < -0.3 is 5.32 Å². The van der Waals surface area contributed by atoms with E-state index in [-0.39, 0.29) is 17.9 Å². The Morgan fingerprint density at radius 3 is 2.88 bits per heavy atom. The Kier molecular flexibility index (Phi) is 4.66. The number of hydrogen-bond donors (Lipinski definition) is 1. The van der Waals surface area contributed by atoms with Crippen LogP contribution in [0.2, 0.25) is 0 Å². The minimum absolute atomic E-state index is 0.136. The van der Waals surface area contributed by atoms with E-state index < -0.39 is 0 Å². The quantitative estimate of drug-likeness (QED) is 0.749. The van der Waals surface area contributed by atoms with E-state index in [1.807, 2.05) is 23.9 Å². The van der Waals surface area contributed by atoms with Crippen LogP contribution in [0.5, 0.6) is 0 Å². The number of aryl methyl sites for hydroxylation is 1. The largest absolute Gasteiger partial charge is 0.305 e. The molecule has 24 heavy (non-hydrogen) atoms. The molecule has 0 aliphatic carbocycles. The molecule has 0 fully saturated rings. The average molecular weight is 329 g/mol. The summed E-state index contributed by atoms with van der Waals surface area (Å²) in [4.78, 5) is 0. The molecule has 2 aromatic heterocycles. The van der Waals surface area contributed by atoms with Crippen molar-refractivity contribution in [2.75, 3.05) is 0 Å². The lowest BCUT2D eigenvalue weighted by molar-refractivity contribution is 0.361. The summed E-state index contributed by atoms with van der Waals surface area (Å²) in [5, 5.41) is 19.2. The minimum atomic E-state index is -0.355. The molecule has 0 amide bonds. The van der Waals surface area contributed by atoms with Crippen molar-refractivity contribution in [3.63, 3.8) is 0 Å². The van der Waals surface area contributed by atoms with Gasteiger partial charge in [0.2, 0.25) is 0 Å². The van der Waals surface area contributed by atoms with Crippen LogP contribution in [0.25, 0.3) is 5.69 Å². The molecule has 0 spiro atoms. The van der Waals surface area contributed by atoms with Gasteiger partial charge >= 0.3 is 0 Å². The molecular weight excluding hydrogens is 309 g/mol. The van der Waals surface area contributed by atoms with Gasteiger partial charge in [0.1, 0.15) is 11.5 Å². The molecule has 0 bridgehead atoms. The second kappa shape index (κ2) is 6.88. The van der Waals surface area contributed by atoms with Crippen molar-refractivity contribution in [1.29, 1.82) is 0 Å². The van der Waals surface area contributed by atoms with E-state index in [2.05, 4.69) is 39.8 Å². The molecule has 3 rings (SSSR count). The van der Waals surface area contributed by atoms with Crippen molar-refractivity contribution in [3.8, 4) is 5.69 Å². The molecule has 1 aromatic carbocycles. The number of nitrogens with one attached hydrogen (secondary N) is 1. The lowest BCUT2D eigenvalue weighted by atomic mass is 10.2. The normalized spacial score (nSPS) is 13.8. The first-order valence-corrected chi connectivity index (χ1v) is 7.82. The molecule has 8 heteroatoms. The monoisotopic (exact) mass is 329 g/mol. The molecule has 3 aromatic rings. The number of halogens is 1. The van der Waals surface area contributed by atoms with Gasteiger partial charge in [-0.05, 0) is 55.0 Å². The Bertz CT molecular complexity index is 797. The van der Waals surface area contributed by atoms with Gasteiger partial charge in [-0.2, -0.15) is 9.78 Å². The van der Waals surface area contributed by atoms with Crippen LogP contribution in [0.1, 0.15) is 31.3 Å². The lowest BCUT2D eigenvalue weighted by Gasteiger charge is -2.21. The van der Waals surface area contributed by atoms with E-state index in [1.54, 1.807) is 18.3 Å². The Labute approximate surface area is 139 Å².